The molecule has 5 heteroatoms. The van der Waals surface area contributed by atoms with E-state index in [1.807, 2.05) is 67.7 Å². The van der Waals surface area contributed by atoms with Crippen LogP contribution in [0.4, 0.5) is 5.69 Å². The van der Waals surface area contributed by atoms with Crippen molar-refractivity contribution in [2.45, 2.75) is 6.92 Å². The van der Waals surface area contributed by atoms with Crippen molar-refractivity contribution in [1.82, 2.24) is 14.8 Å². The molecule has 0 aliphatic heterocycles. The van der Waals surface area contributed by atoms with E-state index in [0.29, 0.717) is 5.56 Å². The molecule has 5 nitrogen and oxygen atoms in total. The van der Waals surface area contributed by atoms with Crippen LogP contribution in [0, 0.1) is 6.92 Å². The Morgan fingerprint density at radius 2 is 1.92 bits per heavy atom. The number of hydrogen-bond donors (Lipinski definition) is 2. The highest BCUT2D eigenvalue weighted by Gasteiger charge is 2.16. The maximum atomic E-state index is 12.7. The van der Waals surface area contributed by atoms with Gasteiger partial charge in [-0.2, -0.15) is 5.10 Å². The third-order valence-electron chi connectivity index (χ3n) is 4.10. The molecule has 1 amide bonds. The Kier molecular flexibility index (Phi) is 3.39. The summed E-state index contributed by atoms with van der Waals surface area (Å²) in [6.45, 7) is 1.89. The number of anilines is 1. The van der Waals surface area contributed by atoms with Gasteiger partial charge in [-0.3, -0.25) is 4.79 Å². The minimum absolute atomic E-state index is 0.164. The molecule has 0 atom stereocenters. The zero-order chi connectivity index (χ0) is 16.5. The SMILES string of the molecule is Cc1c(C(=O)Nc2cccc3[nH]ccc23)cnn1-c1ccccc1. The number of hydrogen-bond acceptors (Lipinski definition) is 2. The van der Waals surface area contributed by atoms with Crippen LogP contribution in [0.5, 0.6) is 0 Å². The number of fused-ring (bicyclic) bond motifs is 1. The summed E-state index contributed by atoms with van der Waals surface area (Å²) in [6, 6.07) is 17.5. The molecule has 24 heavy (non-hydrogen) atoms. The molecule has 0 bridgehead atoms. The zero-order valence-electron chi connectivity index (χ0n) is 13.2. The van der Waals surface area contributed by atoms with Crippen molar-refractivity contribution in [2.75, 3.05) is 5.32 Å². The fourth-order valence-electron chi connectivity index (χ4n) is 2.85. The number of carbonyl (C=O) groups is 1. The number of amides is 1. The van der Waals surface area contributed by atoms with E-state index in [-0.39, 0.29) is 5.91 Å². The van der Waals surface area contributed by atoms with E-state index in [1.165, 1.54) is 0 Å². The molecule has 4 aromatic rings. The van der Waals surface area contributed by atoms with Crippen LogP contribution < -0.4 is 5.32 Å². The second-order valence-electron chi connectivity index (χ2n) is 5.59. The maximum Gasteiger partial charge on any atom is 0.259 e. The van der Waals surface area contributed by atoms with Crippen LogP contribution in [0.3, 0.4) is 0 Å². The highest BCUT2D eigenvalue weighted by Crippen LogP contribution is 2.23. The van der Waals surface area contributed by atoms with Gasteiger partial charge >= 0.3 is 0 Å². The predicted octanol–water partition coefficient (Wildman–Crippen LogP) is 3.91. The predicted molar refractivity (Wildman–Crippen MR) is 94.6 cm³/mol. The van der Waals surface area contributed by atoms with Crippen molar-refractivity contribution in [1.29, 1.82) is 0 Å². The molecule has 2 heterocycles. The van der Waals surface area contributed by atoms with Gasteiger partial charge in [0.05, 0.1) is 28.8 Å². The number of H-pyrrole nitrogens is 1. The van der Waals surface area contributed by atoms with E-state index in [0.717, 1.165) is 28.0 Å². The van der Waals surface area contributed by atoms with E-state index in [4.69, 9.17) is 0 Å². The first kappa shape index (κ1) is 14.3. The summed E-state index contributed by atoms with van der Waals surface area (Å²) >= 11 is 0. The lowest BCUT2D eigenvalue weighted by atomic mass is 10.2. The molecule has 0 aliphatic rings. The highest BCUT2D eigenvalue weighted by atomic mass is 16.1. The monoisotopic (exact) mass is 316 g/mol. The van der Waals surface area contributed by atoms with Gasteiger partial charge < -0.3 is 10.3 Å². The number of nitrogens with zero attached hydrogens (tertiary/aromatic N) is 2. The zero-order valence-corrected chi connectivity index (χ0v) is 13.2. The summed E-state index contributed by atoms with van der Waals surface area (Å²) < 4.78 is 1.77. The van der Waals surface area contributed by atoms with Crippen LogP contribution in [0.2, 0.25) is 0 Å². The largest absolute Gasteiger partial charge is 0.361 e. The molecule has 0 unspecified atom stereocenters. The molecule has 0 aliphatic carbocycles. The van der Waals surface area contributed by atoms with E-state index in [1.54, 1.807) is 10.9 Å². The normalized spacial score (nSPS) is 10.9. The fourth-order valence-corrected chi connectivity index (χ4v) is 2.85. The first-order valence-electron chi connectivity index (χ1n) is 7.71. The topological polar surface area (TPSA) is 62.7 Å². The molecule has 0 saturated carbocycles. The molecule has 0 saturated heterocycles. The quantitative estimate of drug-likeness (QED) is 0.602. The van der Waals surface area contributed by atoms with Gasteiger partial charge in [0.15, 0.2) is 0 Å². The summed E-state index contributed by atoms with van der Waals surface area (Å²) in [6.07, 6.45) is 3.47. The van der Waals surface area contributed by atoms with E-state index < -0.39 is 0 Å². The van der Waals surface area contributed by atoms with Crippen molar-refractivity contribution >= 4 is 22.5 Å². The Hall–Kier alpha value is -3.34. The lowest BCUT2D eigenvalue weighted by Crippen LogP contribution is -2.13. The Morgan fingerprint density at radius 1 is 1.08 bits per heavy atom. The van der Waals surface area contributed by atoms with Crippen molar-refractivity contribution in [3.05, 3.63) is 78.2 Å². The van der Waals surface area contributed by atoms with Gasteiger partial charge in [-0.05, 0) is 37.3 Å². The molecule has 118 valence electrons. The van der Waals surface area contributed by atoms with Crippen LogP contribution in [-0.2, 0) is 0 Å². The van der Waals surface area contributed by atoms with Gasteiger partial charge in [0, 0.05) is 17.1 Å². The number of aromatic amines is 1. The smallest absolute Gasteiger partial charge is 0.259 e. The van der Waals surface area contributed by atoms with Gasteiger partial charge in [-0.25, -0.2) is 4.68 Å². The molecule has 2 aromatic carbocycles. The Morgan fingerprint density at radius 3 is 2.75 bits per heavy atom. The Labute approximate surface area is 138 Å². The Bertz CT molecular complexity index is 1010. The molecular formula is C19H16N4O. The number of rotatable bonds is 3. The Balaban J connectivity index is 1.66. The standard InChI is InChI=1S/C19H16N4O/c1-13-16(12-21-23(13)14-6-3-2-4-7-14)19(24)22-18-9-5-8-17-15(18)10-11-20-17/h2-12,20H,1H3,(H,22,24). The lowest BCUT2D eigenvalue weighted by Gasteiger charge is -2.07. The highest BCUT2D eigenvalue weighted by molar-refractivity contribution is 6.09. The fraction of sp³-hybridized carbons (Fsp3) is 0.0526. The number of nitrogens with one attached hydrogen (secondary N) is 2. The van der Waals surface area contributed by atoms with Gasteiger partial charge in [0.1, 0.15) is 0 Å². The first-order chi connectivity index (χ1) is 11.7. The van der Waals surface area contributed by atoms with E-state index in [2.05, 4.69) is 15.4 Å². The average molecular weight is 316 g/mol. The average Bonchev–Trinajstić information content (AvgIpc) is 3.23. The van der Waals surface area contributed by atoms with Crippen LogP contribution in [0.15, 0.2) is 67.0 Å². The number of aromatic nitrogens is 3. The van der Waals surface area contributed by atoms with E-state index in [9.17, 15) is 4.79 Å². The van der Waals surface area contributed by atoms with Gasteiger partial charge in [-0.1, -0.05) is 24.3 Å². The van der Waals surface area contributed by atoms with Crippen LogP contribution >= 0.6 is 0 Å². The minimum atomic E-state index is -0.164. The molecule has 2 aromatic heterocycles. The van der Waals surface area contributed by atoms with Crippen LogP contribution in [-0.4, -0.2) is 20.7 Å². The van der Waals surface area contributed by atoms with Crippen LogP contribution in [0.1, 0.15) is 16.1 Å². The molecule has 0 fully saturated rings. The van der Waals surface area contributed by atoms with Crippen molar-refractivity contribution < 1.29 is 4.79 Å². The van der Waals surface area contributed by atoms with E-state index >= 15 is 0 Å². The van der Waals surface area contributed by atoms with Crippen molar-refractivity contribution in [3.63, 3.8) is 0 Å². The number of benzene rings is 2. The molecular weight excluding hydrogens is 300 g/mol. The van der Waals surface area contributed by atoms with Gasteiger partial charge in [0.25, 0.3) is 5.91 Å². The second kappa shape index (κ2) is 5.70. The summed E-state index contributed by atoms with van der Waals surface area (Å²) in [5.41, 5.74) is 4.07. The minimum Gasteiger partial charge on any atom is -0.361 e. The summed E-state index contributed by atoms with van der Waals surface area (Å²) in [5, 5.41) is 8.32. The summed E-state index contributed by atoms with van der Waals surface area (Å²) in [4.78, 5) is 15.8. The van der Waals surface area contributed by atoms with Gasteiger partial charge in [-0.15, -0.1) is 0 Å². The molecule has 2 N–H and O–H groups in total. The number of carbonyl (C=O) groups excluding carboxylic acids is 1. The van der Waals surface area contributed by atoms with Crippen molar-refractivity contribution in [3.8, 4) is 5.69 Å². The van der Waals surface area contributed by atoms with Crippen molar-refractivity contribution in [2.24, 2.45) is 0 Å². The molecule has 0 radical (unpaired) electrons. The first-order valence-corrected chi connectivity index (χ1v) is 7.71. The second-order valence-corrected chi connectivity index (χ2v) is 5.59. The van der Waals surface area contributed by atoms with Crippen LogP contribution in [0.25, 0.3) is 16.6 Å². The third kappa shape index (κ3) is 2.36. The third-order valence-corrected chi connectivity index (χ3v) is 4.10. The molecule has 0 spiro atoms. The maximum absolute atomic E-state index is 12.7. The summed E-state index contributed by atoms with van der Waals surface area (Å²) in [7, 11) is 0. The number of para-hydroxylation sites is 1. The van der Waals surface area contributed by atoms with Gasteiger partial charge in [0.2, 0.25) is 0 Å². The molecule has 4 rings (SSSR count). The summed E-state index contributed by atoms with van der Waals surface area (Å²) in [5.74, 6) is -0.164. The lowest BCUT2D eigenvalue weighted by molar-refractivity contribution is 0.102.